The Bertz CT molecular complexity index is 1050. The molecule has 0 amide bonds. The molecule has 3 aromatic carbocycles. The van der Waals surface area contributed by atoms with Crippen molar-refractivity contribution in [3.63, 3.8) is 0 Å². The van der Waals surface area contributed by atoms with Crippen molar-refractivity contribution >= 4 is 0 Å². The molecular weight excluding hydrogens is 418 g/mol. The van der Waals surface area contributed by atoms with Crippen LogP contribution < -0.4 is 4.74 Å². The topological polar surface area (TPSA) is 9.23 Å². The van der Waals surface area contributed by atoms with Gasteiger partial charge in [0.15, 0.2) is 23.3 Å². The van der Waals surface area contributed by atoms with Crippen molar-refractivity contribution in [2.45, 2.75) is 38.7 Å². The third-order valence-corrected chi connectivity index (χ3v) is 4.81. The highest BCUT2D eigenvalue weighted by Gasteiger charge is 2.32. The highest BCUT2D eigenvalue weighted by Crippen LogP contribution is 2.31. The Kier molecular flexibility index (Phi) is 6.93. The molecule has 0 unspecified atom stereocenters. The number of benzene rings is 3. The molecule has 0 aliphatic carbocycles. The van der Waals surface area contributed by atoms with E-state index >= 15 is 0 Å². The van der Waals surface area contributed by atoms with Gasteiger partial charge in [0, 0.05) is 11.6 Å². The van der Waals surface area contributed by atoms with Gasteiger partial charge in [-0.25, -0.2) is 17.6 Å². The standard InChI is InChI=1S/C24H20F6O/c1-2-3-15-4-6-16(7-5-15)19-10-8-17(22(27)23(19)28)12-13-24(29,30)31-18-9-11-20(25)21(26)14-18/h4-11,14H,2-3,12-13H2,1H3. The number of alkyl halides is 2. The van der Waals surface area contributed by atoms with Crippen molar-refractivity contribution in [3.8, 4) is 16.9 Å². The van der Waals surface area contributed by atoms with Crippen molar-refractivity contribution in [1.29, 1.82) is 0 Å². The normalized spacial score (nSPS) is 11.6. The van der Waals surface area contributed by atoms with Crippen LogP contribution in [-0.2, 0) is 12.8 Å². The highest BCUT2D eigenvalue weighted by atomic mass is 19.3. The Labute approximate surface area is 176 Å². The second-order valence-electron chi connectivity index (χ2n) is 7.16. The third-order valence-electron chi connectivity index (χ3n) is 4.81. The summed E-state index contributed by atoms with van der Waals surface area (Å²) < 4.78 is 87.6. The summed E-state index contributed by atoms with van der Waals surface area (Å²) in [5.74, 6) is -5.44. The molecule has 0 heterocycles. The molecule has 7 heteroatoms. The van der Waals surface area contributed by atoms with Gasteiger partial charge in [-0.3, -0.25) is 0 Å². The van der Waals surface area contributed by atoms with Crippen LogP contribution in [0.25, 0.3) is 11.1 Å². The van der Waals surface area contributed by atoms with E-state index < -0.39 is 48.0 Å². The number of hydrogen-bond acceptors (Lipinski definition) is 1. The molecule has 0 spiro atoms. The van der Waals surface area contributed by atoms with Crippen LogP contribution >= 0.6 is 0 Å². The molecular formula is C24H20F6O. The van der Waals surface area contributed by atoms with Crippen LogP contribution in [0.4, 0.5) is 26.3 Å². The van der Waals surface area contributed by atoms with Crippen LogP contribution in [-0.4, -0.2) is 6.11 Å². The lowest BCUT2D eigenvalue weighted by Gasteiger charge is -2.18. The van der Waals surface area contributed by atoms with E-state index in [0.29, 0.717) is 17.7 Å². The number of hydrogen-bond donors (Lipinski definition) is 0. The monoisotopic (exact) mass is 438 g/mol. The Morgan fingerprint density at radius 1 is 0.774 bits per heavy atom. The van der Waals surface area contributed by atoms with Gasteiger partial charge in [-0.1, -0.05) is 49.7 Å². The predicted molar refractivity (Wildman–Crippen MR) is 106 cm³/mol. The lowest BCUT2D eigenvalue weighted by Crippen LogP contribution is -2.25. The first-order chi connectivity index (χ1) is 14.7. The van der Waals surface area contributed by atoms with E-state index in [1.807, 2.05) is 19.1 Å². The molecule has 3 aromatic rings. The van der Waals surface area contributed by atoms with Gasteiger partial charge in [-0.15, -0.1) is 0 Å². The van der Waals surface area contributed by atoms with Crippen LogP contribution in [0.2, 0.25) is 0 Å². The van der Waals surface area contributed by atoms with Gasteiger partial charge in [-0.05, 0) is 41.7 Å². The lowest BCUT2D eigenvalue weighted by molar-refractivity contribution is -0.180. The Morgan fingerprint density at radius 3 is 2.13 bits per heavy atom. The molecule has 164 valence electrons. The summed E-state index contributed by atoms with van der Waals surface area (Å²) in [7, 11) is 0. The molecule has 31 heavy (non-hydrogen) atoms. The first-order valence-electron chi connectivity index (χ1n) is 9.78. The fraction of sp³-hybridized carbons (Fsp3) is 0.250. The number of halogens is 6. The zero-order chi connectivity index (χ0) is 22.6. The van der Waals surface area contributed by atoms with Gasteiger partial charge in [0.05, 0.1) is 6.42 Å². The minimum Gasteiger partial charge on any atom is -0.432 e. The van der Waals surface area contributed by atoms with E-state index in [4.69, 9.17) is 0 Å². The maximum Gasteiger partial charge on any atom is 0.398 e. The molecule has 0 aliphatic heterocycles. The molecule has 0 fully saturated rings. The first kappa shape index (κ1) is 22.7. The van der Waals surface area contributed by atoms with Crippen LogP contribution in [0, 0.1) is 23.3 Å². The summed E-state index contributed by atoms with van der Waals surface area (Å²) in [5, 5.41) is 0. The van der Waals surface area contributed by atoms with Crippen LogP contribution in [0.15, 0.2) is 54.6 Å². The minimum atomic E-state index is -3.79. The molecule has 0 radical (unpaired) electrons. The van der Waals surface area contributed by atoms with Gasteiger partial charge in [0.25, 0.3) is 0 Å². The third kappa shape index (κ3) is 5.60. The van der Waals surface area contributed by atoms with E-state index in [9.17, 15) is 26.3 Å². The van der Waals surface area contributed by atoms with E-state index in [1.165, 1.54) is 12.1 Å². The molecule has 0 saturated heterocycles. The predicted octanol–water partition coefficient (Wildman–Crippen LogP) is 7.47. The molecule has 3 rings (SSSR count). The molecule has 0 aliphatic rings. The largest absolute Gasteiger partial charge is 0.432 e. The van der Waals surface area contributed by atoms with Crippen molar-refractivity contribution in [2.75, 3.05) is 0 Å². The van der Waals surface area contributed by atoms with Gasteiger partial charge in [-0.2, -0.15) is 8.78 Å². The number of rotatable bonds is 8. The fourth-order valence-corrected chi connectivity index (χ4v) is 3.19. The molecule has 1 nitrogen and oxygen atoms in total. The van der Waals surface area contributed by atoms with Gasteiger partial charge in [0.2, 0.25) is 0 Å². The fourth-order valence-electron chi connectivity index (χ4n) is 3.19. The number of aryl methyl sites for hydroxylation is 2. The summed E-state index contributed by atoms with van der Waals surface area (Å²) in [5.41, 5.74) is 1.35. The second-order valence-corrected chi connectivity index (χ2v) is 7.16. The Morgan fingerprint density at radius 2 is 1.48 bits per heavy atom. The zero-order valence-corrected chi connectivity index (χ0v) is 16.7. The van der Waals surface area contributed by atoms with E-state index in [-0.39, 0.29) is 11.1 Å². The average Bonchev–Trinajstić information content (AvgIpc) is 2.73. The van der Waals surface area contributed by atoms with Crippen molar-refractivity contribution in [2.24, 2.45) is 0 Å². The van der Waals surface area contributed by atoms with Gasteiger partial charge in [0.1, 0.15) is 5.75 Å². The molecule has 0 aromatic heterocycles. The zero-order valence-electron chi connectivity index (χ0n) is 16.7. The van der Waals surface area contributed by atoms with E-state index in [1.54, 1.807) is 12.1 Å². The van der Waals surface area contributed by atoms with Gasteiger partial charge >= 0.3 is 6.11 Å². The summed E-state index contributed by atoms with van der Waals surface area (Å²) >= 11 is 0. The SMILES string of the molecule is CCCc1ccc(-c2ccc(CCC(F)(F)Oc3ccc(F)c(F)c3)c(F)c2F)cc1. The highest BCUT2D eigenvalue weighted by molar-refractivity contribution is 5.65. The van der Waals surface area contributed by atoms with Crippen LogP contribution in [0.5, 0.6) is 5.75 Å². The maximum atomic E-state index is 14.6. The van der Waals surface area contributed by atoms with E-state index in [2.05, 4.69) is 4.74 Å². The van der Waals surface area contributed by atoms with Crippen LogP contribution in [0.3, 0.4) is 0 Å². The average molecular weight is 438 g/mol. The summed E-state index contributed by atoms with van der Waals surface area (Å²) in [6.07, 6.45) is -3.46. The number of ether oxygens (including phenoxy) is 1. The summed E-state index contributed by atoms with van der Waals surface area (Å²) in [6, 6.07) is 11.6. The van der Waals surface area contributed by atoms with E-state index in [0.717, 1.165) is 24.5 Å². The van der Waals surface area contributed by atoms with Crippen LogP contribution in [0.1, 0.15) is 30.9 Å². The maximum absolute atomic E-state index is 14.6. The summed E-state index contributed by atoms with van der Waals surface area (Å²) in [6.45, 7) is 2.04. The summed E-state index contributed by atoms with van der Waals surface area (Å²) in [4.78, 5) is 0. The Balaban J connectivity index is 1.71. The lowest BCUT2D eigenvalue weighted by atomic mass is 9.99. The van der Waals surface area contributed by atoms with Crippen molar-refractivity contribution in [3.05, 3.63) is 89.0 Å². The molecule has 0 atom stereocenters. The van der Waals surface area contributed by atoms with Crippen molar-refractivity contribution < 1.29 is 31.1 Å². The van der Waals surface area contributed by atoms with Gasteiger partial charge < -0.3 is 4.74 Å². The van der Waals surface area contributed by atoms with Crippen molar-refractivity contribution in [1.82, 2.24) is 0 Å². The first-order valence-corrected chi connectivity index (χ1v) is 9.78. The molecule has 0 bridgehead atoms. The quantitative estimate of drug-likeness (QED) is 0.332. The Hall–Kier alpha value is -2.96. The molecule has 0 saturated carbocycles. The smallest absolute Gasteiger partial charge is 0.398 e. The minimum absolute atomic E-state index is 0.0362. The molecule has 0 N–H and O–H groups in total. The second kappa shape index (κ2) is 9.45.